The lowest BCUT2D eigenvalue weighted by atomic mass is 10.2. The van der Waals surface area contributed by atoms with Crippen LogP contribution in [0.15, 0.2) is 54.6 Å². The van der Waals surface area contributed by atoms with Gasteiger partial charge in [0.2, 0.25) is 34.8 Å². The van der Waals surface area contributed by atoms with E-state index in [4.69, 9.17) is 10.3 Å². The Labute approximate surface area is 239 Å². The van der Waals surface area contributed by atoms with Crippen LogP contribution in [0.5, 0.6) is 11.5 Å². The lowest BCUT2D eigenvalue weighted by Gasteiger charge is -2.07. The fraction of sp³-hybridized carbons (Fsp3) is 0.185. The normalized spacial score (nSPS) is 11.9. The van der Waals surface area contributed by atoms with Crippen LogP contribution in [0, 0.1) is 29.1 Å². The Bertz CT molecular complexity index is 1590. The molecule has 4 rings (SSSR count). The van der Waals surface area contributed by atoms with Crippen molar-refractivity contribution in [3.63, 3.8) is 0 Å². The van der Waals surface area contributed by atoms with Crippen LogP contribution in [0.25, 0.3) is 10.1 Å². The fourth-order valence-corrected chi connectivity index (χ4v) is 4.94. The van der Waals surface area contributed by atoms with Gasteiger partial charge in [0.15, 0.2) is 5.75 Å². The number of carbonyl (C=O) groups excluding carboxylic acids is 2. The minimum absolute atomic E-state index is 0.0259. The van der Waals surface area contributed by atoms with Gasteiger partial charge in [-0.05, 0) is 54.1 Å². The number of ether oxygens (including phenoxy) is 2. The first-order valence-electron chi connectivity index (χ1n) is 11.8. The first-order valence-corrected chi connectivity index (χ1v) is 13.9. The molecule has 1 aromatic heterocycles. The van der Waals surface area contributed by atoms with E-state index in [0.717, 1.165) is 11.3 Å². The zero-order chi connectivity index (χ0) is 31.1. The first kappa shape index (κ1) is 32.5. The van der Waals surface area contributed by atoms with Gasteiger partial charge in [-0.2, -0.15) is 13.2 Å². The Morgan fingerprint density at radius 3 is 2.05 bits per heavy atom. The quantitative estimate of drug-likeness (QED) is 0.0536. The van der Waals surface area contributed by atoms with E-state index >= 15 is 0 Å². The van der Waals surface area contributed by atoms with Gasteiger partial charge in [0.05, 0.1) is 12.6 Å². The summed E-state index contributed by atoms with van der Waals surface area (Å²) in [4.78, 5) is 22.3. The topological polar surface area (TPSA) is 105 Å². The number of hydrogen-bond acceptors (Lipinski definition) is 8. The van der Waals surface area contributed by atoms with Crippen LogP contribution >= 0.6 is 19.4 Å². The lowest BCUT2D eigenvalue weighted by Crippen LogP contribution is -2.20. The fourth-order valence-electron chi connectivity index (χ4n) is 3.19. The summed E-state index contributed by atoms with van der Waals surface area (Å²) in [5.41, 5.74) is 4.92. The molecule has 0 aliphatic rings. The number of halogens is 6. The van der Waals surface area contributed by atoms with Crippen LogP contribution in [-0.2, 0) is 14.1 Å². The van der Waals surface area contributed by atoms with Gasteiger partial charge >= 0.3 is 25.9 Å². The van der Waals surface area contributed by atoms with Crippen molar-refractivity contribution < 1.29 is 54.5 Å². The zero-order valence-corrected chi connectivity index (χ0v) is 23.4. The minimum atomic E-state index is -2.80. The van der Waals surface area contributed by atoms with Crippen molar-refractivity contribution in [2.75, 3.05) is 6.54 Å². The van der Waals surface area contributed by atoms with Crippen LogP contribution in [-0.4, -0.2) is 24.6 Å². The molecule has 3 aromatic carbocycles. The van der Waals surface area contributed by atoms with E-state index in [1.807, 2.05) is 0 Å². The number of thiophene rings is 1. The smallest absolute Gasteiger partial charge is 0.462 e. The highest BCUT2D eigenvalue weighted by Gasteiger charge is 2.36. The van der Waals surface area contributed by atoms with Crippen molar-refractivity contribution in [3.05, 3.63) is 94.1 Å². The van der Waals surface area contributed by atoms with Crippen LogP contribution in [0.1, 0.15) is 35.0 Å². The highest BCUT2D eigenvalue weighted by molar-refractivity contribution is 7.39. The van der Waals surface area contributed by atoms with Gasteiger partial charge in [0.25, 0.3) is 0 Å². The summed E-state index contributed by atoms with van der Waals surface area (Å²) in [5.74, 6) is -16.8. The average molecular weight is 632 g/mol. The van der Waals surface area contributed by atoms with Gasteiger partial charge in [-0.15, -0.1) is 11.3 Å². The SMILES string of the molecule is CC(C)OC(=O)CN.O=C(Oc1c(F)c(F)c(F)c(F)c1F)c1cc2cc(C(F)[P+](=O)Oc3ccccc3)ccc2s1. The molecule has 2 atom stereocenters. The maximum Gasteiger partial charge on any atom is 0.598 e. The van der Waals surface area contributed by atoms with Gasteiger partial charge in [0, 0.05) is 10.3 Å². The summed E-state index contributed by atoms with van der Waals surface area (Å²) in [6.07, 6.45) is -0.0500. The second-order valence-electron chi connectivity index (χ2n) is 8.46. The van der Waals surface area contributed by atoms with E-state index in [0.29, 0.717) is 4.70 Å². The highest BCUT2D eigenvalue weighted by Crippen LogP contribution is 2.44. The Hall–Kier alpha value is -4.00. The van der Waals surface area contributed by atoms with Crippen molar-refractivity contribution in [2.24, 2.45) is 5.73 Å². The van der Waals surface area contributed by atoms with E-state index in [1.165, 1.54) is 36.4 Å². The summed E-state index contributed by atoms with van der Waals surface area (Å²) >= 11 is 0.772. The van der Waals surface area contributed by atoms with E-state index in [9.17, 15) is 40.5 Å². The lowest BCUT2D eigenvalue weighted by molar-refractivity contribution is -0.145. The number of para-hydroxylation sites is 1. The number of rotatable bonds is 8. The maximum absolute atomic E-state index is 14.7. The second-order valence-corrected chi connectivity index (χ2v) is 10.8. The summed E-state index contributed by atoms with van der Waals surface area (Å²) in [6.45, 7) is 3.54. The molecule has 0 spiro atoms. The summed E-state index contributed by atoms with van der Waals surface area (Å²) in [5, 5.41) is 0.289. The molecule has 1 heterocycles. The zero-order valence-electron chi connectivity index (χ0n) is 21.7. The summed E-state index contributed by atoms with van der Waals surface area (Å²) < 4.78 is 109. The van der Waals surface area contributed by atoms with Crippen LogP contribution in [0.3, 0.4) is 0 Å². The Morgan fingerprint density at radius 1 is 0.905 bits per heavy atom. The molecule has 0 saturated heterocycles. The largest absolute Gasteiger partial charge is 0.598 e. The van der Waals surface area contributed by atoms with Gasteiger partial charge in [-0.25, -0.2) is 18.0 Å². The molecule has 4 aromatic rings. The number of esters is 2. The van der Waals surface area contributed by atoms with Crippen LogP contribution < -0.4 is 15.0 Å². The highest BCUT2D eigenvalue weighted by atomic mass is 32.1. The summed E-state index contributed by atoms with van der Waals surface area (Å²) in [6, 6.07) is 13.1. The van der Waals surface area contributed by atoms with Crippen LogP contribution in [0.4, 0.5) is 26.3 Å². The third-order valence-electron chi connectivity index (χ3n) is 5.04. The molecule has 0 aliphatic heterocycles. The number of nitrogens with two attached hydrogens (primary N) is 1. The predicted molar refractivity (Wildman–Crippen MR) is 142 cm³/mol. The van der Waals surface area contributed by atoms with Crippen molar-refractivity contribution in [3.8, 4) is 11.5 Å². The molecule has 7 nitrogen and oxygen atoms in total. The average Bonchev–Trinajstić information content (AvgIpc) is 3.41. The molecular weight excluding hydrogens is 611 g/mol. The van der Waals surface area contributed by atoms with E-state index in [1.54, 1.807) is 32.0 Å². The molecule has 2 unspecified atom stereocenters. The molecule has 222 valence electrons. The molecule has 0 saturated carbocycles. The van der Waals surface area contributed by atoms with Gasteiger partial charge in [-0.1, -0.05) is 24.3 Å². The number of carbonyl (C=O) groups is 2. The molecule has 15 heteroatoms. The molecule has 0 bridgehead atoms. The van der Waals surface area contributed by atoms with E-state index in [-0.39, 0.29) is 40.2 Å². The predicted octanol–water partition coefficient (Wildman–Crippen LogP) is 7.50. The second kappa shape index (κ2) is 14.3. The standard InChI is InChI=1S/C22H10F6O4PS.C5H11NO2/c23-15-16(24)18(26)20(19(27)17(15)25)31-22(29)14-9-11-8-10(6-7-13(11)34-14)21(28)33(30)32-12-4-2-1-3-5-12;1-4(2)8-5(7)3-6/h1-9,21H;4H,3,6H2,1-2H3/q+1;. The molecule has 0 aliphatic carbocycles. The Kier molecular flexibility index (Phi) is 11.0. The van der Waals surface area contributed by atoms with Crippen molar-refractivity contribution >= 4 is 41.4 Å². The Morgan fingerprint density at radius 2 is 1.50 bits per heavy atom. The van der Waals surface area contributed by atoms with Crippen molar-refractivity contribution in [1.82, 2.24) is 0 Å². The molecule has 0 radical (unpaired) electrons. The van der Waals surface area contributed by atoms with Crippen molar-refractivity contribution in [2.45, 2.75) is 25.9 Å². The molecular formula is C27H21F6NO6PS+. The monoisotopic (exact) mass is 632 g/mol. The molecule has 2 N–H and O–H groups in total. The van der Waals surface area contributed by atoms with E-state index < -0.39 is 54.7 Å². The molecule has 0 fully saturated rings. The van der Waals surface area contributed by atoms with Gasteiger partial charge in [-0.3, -0.25) is 9.32 Å². The third-order valence-corrected chi connectivity index (χ3v) is 7.19. The summed E-state index contributed by atoms with van der Waals surface area (Å²) in [7, 11) is -2.80. The number of alkyl halides is 1. The Balaban J connectivity index is 0.000000531. The first-order chi connectivity index (χ1) is 19.8. The molecule has 0 amide bonds. The number of fused-ring (bicyclic) bond motifs is 1. The van der Waals surface area contributed by atoms with Gasteiger partial charge < -0.3 is 15.2 Å². The van der Waals surface area contributed by atoms with Crippen LogP contribution in [0.2, 0.25) is 0 Å². The minimum Gasteiger partial charge on any atom is -0.462 e. The number of hydrogen-bond donors (Lipinski definition) is 1. The van der Waals surface area contributed by atoms with Crippen molar-refractivity contribution in [1.29, 1.82) is 0 Å². The molecule has 42 heavy (non-hydrogen) atoms. The maximum atomic E-state index is 14.7. The van der Waals surface area contributed by atoms with E-state index in [2.05, 4.69) is 9.47 Å². The third kappa shape index (κ3) is 7.84. The number of benzene rings is 3. The van der Waals surface area contributed by atoms with Gasteiger partial charge in [0.1, 0.15) is 4.88 Å².